The Morgan fingerprint density at radius 2 is 1.40 bits per heavy atom. The molecule has 4 aromatic rings. The van der Waals surface area contributed by atoms with Crippen molar-refractivity contribution in [3.8, 4) is 11.5 Å². The molecule has 0 aliphatic carbocycles. The SMILES string of the molecule is COc1cc(/C=N/NC(=O)c2ccc(NS(=O)(=O)c3ccc(Cl)cc3)cc2)ccc1OC(=O)c1ccc(Cl)cc1. The molecule has 204 valence electrons. The number of amides is 1. The number of halogens is 2. The number of sulfonamides is 1. The van der Waals surface area contributed by atoms with Crippen molar-refractivity contribution in [2.45, 2.75) is 4.90 Å². The van der Waals surface area contributed by atoms with Crippen LogP contribution in [0.25, 0.3) is 0 Å². The lowest BCUT2D eigenvalue weighted by molar-refractivity contribution is 0.0729. The number of esters is 1. The first-order valence-corrected chi connectivity index (χ1v) is 13.8. The average Bonchev–Trinajstić information content (AvgIpc) is 2.94. The number of rotatable bonds is 9. The minimum absolute atomic E-state index is 0.0532. The van der Waals surface area contributed by atoms with Gasteiger partial charge in [-0.3, -0.25) is 9.52 Å². The Kier molecular flexibility index (Phi) is 9.05. The number of hydrogen-bond acceptors (Lipinski definition) is 7. The van der Waals surface area contributed by atoms with Crippen LogP contribution in [0.2, 0.25) is 10.0 Å². The van der Waals surface area contributed by atoms with E-state index in [0.717, 1.165) is 0 Å². The van der Waals surface area contributed by atoms with Crippen molar-refractivity contribution < 1.29 is 27.5 Å². The van der Waals surface area contributed by atoms with E-state index < -0.39 is 21.9 Å². The second-order valence-electron chi connectivity index (χ2n) is 8.14. The molecule has 0 saturated carbocycles. The van der Waals surface area contributed by atoms with E-state index >= 15 is 0 Å². The van der Waals surface area contributed by atoms with Gasteiger partial charge < -0.3 is 9.47 Å². The Hall–Kier alpha value is -4.38. The third-order valence-corrected chi connectivity index (χ3v) is 7.27. The maximum absolute atomic E-state index is 12.5. The second-order valence-corrected chi connectivity index (χ2v) is 10.7. The molecule has 0 unspecified atom stereocenters. The molecule has 4 aromatic carbocycles. The number of methoxy groups -OCH3 is 1. The van der Waals surface area contributed by atoms with Gasteiger partial charge >= 0.3 is 5.97 Å². The van der Waals surface area contributed by atoms with Gasteiger partial charge in [-0.05, 0) is 96.6 Å². The van der Waals surface area contributed by atoms with Crippen LogP contribution in [0.1, 0.15) is 26.3 Å². The summed E-state index contributed by atoms with van der Waals surface area (Å²) < 4.78 is 38.2. The number of ether oxygens (including phenoxy) is 2. The van der Waals surface area contributed by atoms with Gasteiger partial charge in [-0.1, -0.05) is 23.2 Å². The van der Waals surface area contributed by atoms with Crippen LogP contribution in [0.3, 0.4) is 0 Å². The molecule has 9 nitrogen and oxygen atoms in total. The summed E-state index contributed by atoms with van der Waals surface area (Å²) in [7, 11) is -2.39. The number of nitrogens with zero attached hydrogens (tertiary/aromatic N) is 1. The molecule has 0 atom stereocenters. The van der Waals surface area contributed by atoms with E-state index in [-0.39, 0.29) is 27.6 Å². The van der Waals surface area contributed by atoms with E-state index in [1.165, 1.54) is 61.9 Å². The van der Waals surface area contributed by atoms with Crippen molar-refractivity contribution in [1.29, 1.82) is 0 Å². The van der Waals surface area contributed by atoms with E-state index in [1.54, 1.807) is 42.5 Å². The van der Waals surface area contributed by atoms with Crippen LogP contribution in [0, 0.1) is 0 Å². The Balaban J connectivity index is 1.35. The van der Waals surface area contributed by atoms with Crippen molar-refractivity contribution in [3.05, 3.63) is 118 Å². The molecule has 0 aromatic heterocycles. The fraction of sp³-hybridized carbons (Fsp3) is 0.0357. The van der Waals surface area contributed by atoms with Crippen molar-refractivity contribution in [2.75, 3.05) is 11.8 Å². The number of benzene rings is 4. The lowest BCUT2D eigenvalue weighted by atomic mass is 10.2. The normalized spacial score (nSPS) is 11.2. The zero-order chi connectivity index (χ0) is 28.7. The van der Waals surface area contributed by atoms with Gasteiger partial charge in [0.25, 0.3) is 15.9 Å². The molecule has 12 heteroatoms. The summed E-state index contributed by atoms with van der Waals surface area (Å²) in [5, 5.41) is 4.87. The van der Waals surface area contributed by atoms with E-state index in [1.807, 2.05) is 0 Å². The summed E-state index contributed by atoms with van der Waals surface area (Å²) in [6.07, 6.45) is 1.39. The van der Waals surface area contributed by atoms with E-state index in [9.17, 15) is 18.0 Å². The van der Waals surface area contributed by atoms with Crippen molar-refractivity contribution in [3.63, 3.8) is 0 Å². The Morgan fingerprint density at radius 3 is 2.02 bits per heavy atom. The quantitative estimate of drug-likeness (QED) is 0.109. The number of nitrogens with one attached hydrogen (secondary N) is 2. The van der Waals surface area contributed by atoms with Crippen LogP contribution in [-0.2, 0) is 10.0 Å². The smallest absolute Gasteiger partial charge is 0.343 e. The van der Waals surface area contributed by atoms with E-state index in [2.05, 4.69) is 15.2 Å². The molecule has 0 radical (unpaired) electrons. The molecule has 1 amide bonds. The highest BCUT2D eigenvalue weighted by Gasteiger charge is 2.15. The third kappa shape index (κ3) is 7.38. The summed E-state index contributed by atoms with van der Waals surface area (Å²) in [5.74, 6) is -0.596. The predicted octanol–water partition coefficient (Wildman–Crippen LogP) is 5.79. The Bertz CT molecular complexity index is 1660. The number of hydrazone groups is 1. The Labute approximate surface area is 240 Å². The number of carbonyl (C=O) groups is 2. The zero-order valence-corrected chi connectivity index (χ0v) is 23.1. The molecule has 0 aliphatic heterocycles. The molecule has 40 heavy (non-hydrogen) atoms. The third-order valence-electron chi connectivity index (χ3n) is 5.37. The number of hydrogen-bond donors (Lipinski definition) is 2. The molecule has 0 aliphatic rings. The first kappa shape index (κ1) is 28.6. The first-order valence-electron chi connectivity index (χ1n) is 11.5. The summed E-state index contributed by atoms with van der Waals surface area (Å²) in [5.41, 5.74) is 3.82. The lowest BCUT2D eigenvalue weighted by Gasteiger charge is -2.10. The van der Waals surface area contributed by atoms with Gasteiger partial charge in [0.15, 0.2) is 11.5 Å². The van der Waals surface area contributed by atoms with Gasteiger partial charge in [0.2, 0.25) is 0 Å². The molecular weight excluding hydrogens is 577 g/mol. The van der Waals surface area contributed by atoms with Gasteiger partial charge in [0, 0.05) is 21.3 Å². The van der Waals surface area contributed by atoms with Crippen LogP contribution >= 0.6 is 23.2 Å². The van der Waals surface area contributed by atoms with Crippen LogP contribution < -0.4 is 19.6 Å². The highest BCUT2D eigenvalue weighted by Crippen LogP contribution is 2.28. The minimum atomic E-state index is -3.81. The predicted molar refractivity (Wildman–Crippen MR) is 153 cm³/mol. The van der Waals surface area contributed by atoms with Crippen LogP contribution in [0.5, 0.6) is 11.5 Å². The molecule has 2 N–H and O–H groups in total. The monoisotopic (exact) mass is 597 g/mol. The fourth-order valence-corrected chi connectivity index (χ4v) is 4.65. The van der Waals surface area contributed by atoms with Gasteiger partial charge in [0.05, 0.1) is 23.8 Å². The standard InChI is InChI=1S/C28H21Cl2N3O6S/c1-38-26-16-18(2-15-25(26)39-28(35)20-3-7-21(29)8-4-20)17-31-32-27(34)19-5-11-23(12-6-19)33-40(36,37)24-13-9-22(30)10-14-24/h2-17,33H,1H3,(H,32,34)/b31-17+. The van der Waals surface area contributed by atoms with Crippen LogP contribution in [-0.4, -0.2) is 33.6 Å². The lowest BCUT2D eigenvalue weighted by Crippen LogP contribution is -2.18. The molecular formula is C28H21Cl2N3O6S. The second kappa shape index (κ2) is 12.6. The maximum Gasteiger partial charge on any atom is 0.343 e. The molecule has 0 saturated heterocycles. The average molecular weight is 598 g/mol. The van der Waals surface area contributed by atoms with E-state index in [0.29, 0.717) is 21.2 Å². The molecule has 0 fully saturated rings. The highest BCUT2D eigenvalue weighted by atomic mass is 35.5. The van der Waals surface area contributed by atoms with Crippen molar-refractivity contribution in [2.24, 2.45) is 5.10 Å². The van der Waals surface area contributed by atoms with Gasteiger partial charge in [-0.25, -0.2) is 18.6 Å². The minimum Gasteiger partial charge on any atom is -0.493 e. The number of anilines is 1. The zero-order valence-electron chi connectivity index (χ0n) is 20.8. The van der Waals surface area contributed by atoms with Crippen LogP contribution in [0.4, 0.5) is 5.69 Å². The van der Waals surface area contributed by atoms with Gasteiger partial charge in [-0.2, -0.15) is 5.10 Å². The summed E-state index contributed by atoms with van der Waals surface area (Å²) in [4.78, 5) is 24.9. The van der Waals surface area contributed by atoms with E-state index in [4.69, 9.17) is 32.7 Å². The van der Waals surface area contributed by atoms with Crippen molar-refractivity contribution in [1.82, 2.24) is 5.43 Å². The molecule has 0 heterocycles. The maximum atomic E-state index is 12.5. The van der Waals surface area contributed by atoms with Gasteiger partial charge in [-0.15, -0.1) is 0 Å². The highest BCUT2D eigenvalue weighted by molar-refractivity contribution is 7.92. The van der Waals surface area contributed by atoms with Crippen molar-refractivity contribution >= 4 is 57.0 Å². The summed E-state index contributed by atoms with van der Waals surface area (Å²) in [6.45, 7) is 0. The summed E-state index contributed by atoms with van der Waals surface area (Å²) in [6, 6.07) is 22.6. The topological polar surface area (TPSA) is 123 Å². The van der Waals surface area contributed by atoms with Crippen LogP contribution in [0.15, 0.2) is 101 Å². The number of carbonyl (C=O) groups excluding carboxylic acids is 2. The Morgan fingerprint density at radius 1 is 0.800 bits per heavy atom. The fourth-order valence-electron chi connectivity index (χ4n) is 3.34. The van der Waals surface area contributed by atoms with Gasteiger partial charge in [0.1, 0.15) is 0 Å². The summed E-state index contributed by atoms with van der Waals surface area (Å²) >= 11 is 11.7. The molecule has 0 spiro atoms. The first-order chi connectivity index (χ1) is 19.1. The largest absolute Gasteiger partial charge is 0.493 e. The molecule has 0 bridgehead atoms. The molecule has 4 rings (SSSR count).